The molecule has 0 aliphatic heterocycles. The van der Waals surface area contributed by atoms with E-state index in [1.165, 1.54) is 186 Å². The van der Waals surface area contributed by atoms with Gasteiger partial charge in [-0.15, -0.1) is 0 Å². The van der Waals surface area contributed by atoms with Crippen molar-refractivity contribution >= 4 is 17.9 Å². The molecule has 0 aliphatic rings. The molecule has 460 valence electrons. The van der Waals surface area contributed by atoms with E-state index in [1.54, 1.807) is 0 Å². The van der Waals surface area contributed by atoms with Crippen molar-refractivity contribution in [1.82, 2.24) is 0 Å². The van der Waals surface area contributed by atoms with Gasteiger partial charge in [0.05, 0.1) is 0 Å². The van der Waals surface area contributed by atoms with E-state index in [2.05, 4.69) is 118 Å². The first-order valence-corrected chi connectivity index (χ1v) is 34.2. The normalized spacial score (nSPS) is 12.7. The molecule has 0 saturated heterocycles. The Morgan fingerprint density at radius 2 is 0.512 bits per heavy atom. The maximum absolute atomic E-state index is 12.9. The lowest BCUT2D eigenvalue weighted by Gasteiger charge is -2.18. The Kier molecular flexibility index (Phi) is 64.7. The van der Waals surface area contributed by atoms with Crippen LogP contribution in [0.3, 0.4) is 0 Å². The van der Waals surface area contributed by atoms with E-state index in [0.717, 1.165) is 109 Å². The Balaban J connectivity index is 4.21. The zero-order valence-corrected chi connectivity index (χ0v) is 52.8. The summed E-state index contributed by atoms with van der Waals surface area (Å²) in [5.41, 5.74) is 0. The molecular weight excluding hydrogens is 985 g/mol. The van der Waals surface area contributed by atoms with Gasteiger partial charge in [-0.2, -0.15) is 0 Å². The van der Waals surface area contributed by atoms with Crippen LogP contribution in [0.5, 0.6) is 0 Å². The van der Waals surface area contributed by atoms with Crippen LogP contribution in [-0.2, 0) is 28.6 Å². The van der Waals surface area contributed by atoms with Crippen molar-refractivity contribution in [2.24, 2.45) is 0 Å². The number of hydrogen-bond acceptors (Lipinski definition) is 6. The summed E-state index contributed by atoms with van der Waals surface area (Å²) < 4.78 is 16.9. The molecule has 0 saturated carbocycles. The molecule has 6 heteroatoms. The van der Waals surface area contributed by atoms with Gasteiger partial charge in [0.2, 0.25) is 0 Å². The molecule has 0 bridgehead atoms. The van der Waals surface area contributed by atoms with Gasteiger partial charge in [0.15, 0.2) is 6.10 Å². The van der Waals surface area contributed by atoms with Crippen LogP contribution in [0.1, 0.15) is 335 Å². The minimum Gasteiger partial charge on any atom is -0.462 e. The summed E-state index contributed by atoms with van der Waals surface area (Å²) in [6, 6.07) is 0. The largest absolute Gasteiger partial charge is 0.462 e. The Morgan fingerprint density at radius 1 is 0.263 bits per heavy atom. The quantitative estimate of drug-likeness (QED) is 0.0261. The Hall–Kier alpha value is -3.67. The third-order valence-corrected chi connectivity index (χ3v) is 14.8. The lowest BCUT2D eigenvalue weighted by atomic mass is 10.0. The van der Waals surface area contributed by atoms with Crippen LogP contribution in [-0.4, -0.2) is 37.2 Å². The fourth-order valence-corrected chi connectivity index (χ4v) is 9.68. The number of esters is 3. The monoisotopic (exact) mass is 1110 g/mol. The van der Waals surface area contributed by atoms with Gasteiger partial charge in [-0.3, -0.25) is 14.4 Å². The first kappa shape index (κ1) is 76.3. The molecule has 1 unspecified atom stereocenters. The van der Waals surface area contributed by atoms with Crippen molar-refractivity contribution in [3.05, 3.63) is 97.2 Å². The summed E-state index contributed by atoms with van der Waals surface area (Å²) in [6.07, 6.45) is 91.5. The summed E-state index contributed by atoms with van der Waals surface area (Å²) in [7, 11) is 0. The van der Waals surface area contributed by atoms with Crippen LogP contribution in [0.15, 0.2) is 97.2 Å². The summed E-state index contributed by atoms with van der Waals surface area (Å²) >= 11 is 0. The third-order valence-electron chi connectivity index (χ3n) is 14.8. The van der Waals surface area contributed by atoms with E-state index in [4.69, 9.17) is 14.2 Å². The highest BCUT2D eigenvalue weighted by molar-refractivity contribution is 5.71. The van der Waals surface area contributed by atoms with Crippen molar-refractivity contribution in [1.29, 1.82) is 0 Å². The molecule has 0 radical (unpaired) electrons. The van der Waals surface area contributed by atoms with Crippen LogP contribution in [0.2, 0.25) is 0 Å². The average Bonchev–Trinajstić information content (AvgIpc) is 3.46. The predicted molar refractivity (Wildman–Crippen MR) is 348 cm³/mol. The molecule has 0 heterocycles. The fourth-order valence-electron chi connectivity index (χ4n) is 9.68. The number of allylic oxidation sites excluding steroid dienone is 16. The summed E-state index contributed by atoms with van der Waals surface area (Å²) in [5.74, 6) is -0.883. The summed E-state index contributed by atoms with van der Waals surface area (Å²) in [4.78, 5) is 38.3. The lowest BCUT2D eigenvalue weighted by molar-refractivity contribution is -0.167. The van der Waals surface area contributed by atoms with Crippen molar-refractivity contribution in [3.63, 3.8) is 0 Å². The molecule has 0 rings (SSSR count). The van der Waals surface area contributed by atoms with Crippen LogP contribution in [0.4, 0.5) is 0 Å². The average molecular weight is 1110 g/mol. The highest BCUT2D eigenvalue weighted by Crippen LogP contribution is 2.17. The second kappa shape index (κ2) is 67.8. The van der Waals surface area contributed by atoms with Gasteiger partial charge in [0.25, 0.3) is 0 Å². The smallest absolute Gasteiger partial charge is 0.306 e. The molecule has 0 aromatic rings. The van der Waals surface area contributed by atoms with Crippen molar-refractivity contribution < 1.29 is 28.6 Å². The third kappa shape index (κ3) is 65.1. The Labute approximate surface area is 496 Å². The fraction of sp³-hybridized carbons (Fsp3) is 0.743. The number of hydrogen-bond donors (Lipinski definition) is 0. The van der Waals surface area contributed by atoms with Crippen molar-refractivity contribution in [2.75, 3.05) is 13.2 Å². The van der Waals surface area contributed by atoms with E-state index >= 15 is 0 Å². The lowest BCUT2D eigenvalue weighted by Crippen LogP contribution is -2.30. The van der Waals surface area contributed by atoms with Crippen LogP contribution in [0, 0.1) is 0 Å². The van der Waals surface area contributed by atoms with E-state index < -0.39 is 6.10 Å². The molecule has 1 atom stereocenters. The predicted octanol–water partition coefficient (Wildman–Crippen LogP) is 23.6. The SMILES string of the molecule is CC/C=C\C/C=C\C/C=C\C/C=C\CCCCCCCCCCCCCCC(=O)OC(COC(=O)CCCCCCC/C=C\CCC)COC(=O)CCCCCCCCCCCCCC/C=C\C/C=C\C/C=C\CCCCCCC. The topological polar surface area (TPSA) is 78.9 Å². The number of carbonyl (C=O) groups excluding carboxylic acids is 3. The standard InChI is InChI=1S/C74H128O6/c1-4-7-10-13-16-19-22-24-26-28-30-32-34-36-37-39-40-42-44-46-48-50-52-55-58-61-64-67-73(76)79-70-71(69-78-72(75)66-63-60-57-54-21-18-15-12-9-6-3)80-74(77)68-65-62-59-56-53-51-49-47-45-43-41-38-35-33-31-29-27-25-23-20-17-14-11-8-5-2/h8,11-12,15,17,20,22,24-25,27-28,30-31,33-34,36,71H,4-7,9-10,13-14,16,18-19,21,23,26,29,32,35,37-70H2,1-3H3/b11-8-,15-12-,20-17-,24-22-,27-25-,30-28-,33-31-,36-34-. The molecular formula is C74H128O6. The van der Waals surface area contributed by atoms with Gasteiger partial charge >= 0.3 is 17.9 Å². The number of rotatable bonds is 62. The molecule has 0 amide bonds. The van der Waals surface area contributed by atoms with Crippen LogP contribution in [0.25, 0.3) is 0 Å². The molecule has 0 aromatic heterocycles. The first-order chi connectivity index (χ1) is 39.5. The summed E-state index contributed by atoms with van der Waals surface area (Å²) in [5, 5.41) is 0. The highest BCUT2D eigenvalue weighted by atomic mass is 16.6. The maximum atomic E-state index is 12.9. The molecule has 0 N–H and O–H groups in total. The zero-order chi connectivity index (χ0) is 57.8. The number of carbonyl (C=O) groups is 3. The Morgan fingerprint density at radius 3 is 0.825 bits per heavy atom. The van der Waals surface area contributed by atoms with Crippen LogP contribution >= 0.6 is 0 Å². The summed E-state index contributed by atoms with van der Waals surface area (Å²) in [6.45, 7) is 6.48. The molecule has 80 heavy (non-hydrogen) atoms. The zero-order valence-electron chi connectivity index (χ0n) is 52.8. The maximum Gasteiger partial charge on any atom is 0.306 e. The molecule has 6 nitrogen and oxygen atoms in total. The van der Waals surface area contributed by atoms with Gasteiger partial charge < -0.3 is 14.2 Å². The molecule has 0 aromatic carbocycles. The van der Waals surface area contributed by atoms with Gasteiger partial charge in [0.1, 0.15) is 13.2 Å². The van der Waals surface area contributed by atoms with Gasteiger partial charge in [0, 0.05) is 19.3 Å². The number of unbranched alkanes of at least 4 members (excludes halogenated alkanes) is 35. The molecule has 0 spiro atoms. The van der Waals surface area contributed by atoms with Crippen molar-refractivity contribution in [2.45, 2.75) is 341 Å². The second-order valence-electron chi connectivity index (χ2n) is 22.7. The van der Waals surface area contributed by atoms with E-state index in [1.807, 2.05) is 0 Å². The van der Waals surface area contributed by atoms with Gasteiger partial charge in [-0.05, 0) is 116 Å². The minimum atomic E-state index is -0.784. The first-order valence-electron chi connectivity index (χ1n) is 34.2. The number of ether oxygens (including phenoxy) is 3. The highest BCUT2D eigenvalue weighted by Gasteiger charge is 2.19. The van der Waals surface area contributed by atoms with Gasteiger partial charge in [-0.25, -0.2) is 0 Å². The molecule has 0 aliphatic carbocycles. The van der Waals surface area contributed by atoms with Crippen LogP contribution < -0.4 is 0 Å². The van der Waals surface area contributed by atoms with Crippen molar-refractivity contribution in [3.8, 4) is 0 Å². The van der Waals surface area contributed by atoms with E-state index in [-0.39, 0.29) is 31.1 Å². The second-order valence-corrected chi connectivity index (χ2v) is 22.7. The van der Waals surface area contributed by atoms with E-state index in [9.17, 15) is 14.4 Å². The minimum absolute atomic E-state index is 0.0801. The Bertz CT molecular complexity index is 1560. The molecule has 0 fully saturated rings. The van der Waals surface area contributed by atoms with E-state index in [0.29, 0.717) is 19.3 Å². The van der Waals surface area contributed by atoms with Gasteiger partial charge in [-0.1, -0.05) is 298 Å².